The lowest BCUT2D eigenvalue weighted by Gasteiger charge is -2.70. The van der Waals surface area contributed by atoms with Crippen molar-refractivity contribution in [3.63, 3.8) is 0 Å². The molecule has 0 unspecified atom stereocenters. The second kappa shape index (κ2) is 6.05. The molecule has 1 heteroatoms. The summed E-state index contributed by atoms with van der Waals surface area (Å²) >= 11 is 0. The first kappa shape index (κ1) is 21.3. The van der Waals surface area contributed by atoms with Gasteiger partial charge in [-0.2, -0.15) is 0 Å². The Labute approximate surface area is 185 Å². The second-order valence-electron chi connectivity index (χ2n) is 14.2. The monoisotopic (exact) mass is 410 g/mol. The molecule has 0 radical (unpaired) electrons. The molecule has 0 amide bonds. The maximum Gasteiger partial charge on any atom is 0.139 e. The molecule has 0 N–H and O–H groups in total. The number of hydrogen-bond acceptors (Lipinski definition) is 1. The average Bonchev–Trinajstić information content (AvgIpc) is 3.08. The number of ketones is 1. The zero-order valence-corrected chi connectivity index (χ0v) is 20.9. The third-order valence-electron chi connectivity index (χ3n) is 12.9. The van der Waals surface area contributed by atoms with Gasteiger partial charge in [-0.3, -0.25) is 4.79 Å². The van der Waals surface area contributed by atoms with Gasteiger partial charge < -0.3 is 0 Å². The molecule has 1 nitrogen and oxygen atoms in total. The van der Waals surface area contributed by atoms with E-state index in [1.807, 2.05) is 0 Å². The second-order valence-corrected chi connectivity index (χ2v) is 14.2. The quantitative estimate of drug-likeness (QED) is 0.402. The zero-order valence-electron chi connectivity index (χ0n) is 20.9. The fourth-order valence-corrected chi connectivity index (χ4v) is 11.1. The first-order chi connectivity index (χ1) is 13.8. The van der Waals surface area contributed by atoms with E-state index in [4.69, 9.17) is 0 Å². The predicted molar refractivity (Wildman–Crippen MR) is 125 cm³/mol. The minimum absolute atomic E-state index is 0.116. The van der Waals surface area contributed by atoms with Gasteiger partial charge in [0.2, 0.25) is 0 Å². The summed E-state index contributed by atoms with van der Waals surface area (Å²) in [5, 5.41) is 0. The van der Waals surface area contributed by atoms with Crippen LogP contribution in [0.5, 0.6) is 0 Å². The Morgan fingerprint density at radius 2 is 1.53 bits per heavy atom. The fourth-order valence-electron chi connectivity index (χ4n) is 11.1. The molecule has 5 rings (SSSR count). The molecule has 168 valence electrons. The molecular weight excluding hydrogens is 364 g/mol. The molecule has 5 saturated carbocycles. The normalized spacial score (nSPS) is 56.6. The average molecular weight is 411 g/mol. The molecule has 0 saturated heterocycles. The minimum Gasteiger partial charge on any atom is -0.299 e. The molecule has 5 aliphatic rings. The van der Waals surface area contributed by atoms with E-state index in [-0.39, 0.29) is 10.8 Å². The Morgan fingerprint density at radius 1 is 0.833 bits per heavy atom. The van der Waals surface area contributed by atoms with Crippen LogP contribution < -0.4 is 0 Å². The van der Waals surface area contributed by atoms with E-state index in [1.54, 1.807) is 0 Å². The van der Waals surface area contributed by atoms with Crippen LogP contribution in [0.4, 0.5) is 0 Å². The van der Waals surface area contributed by atoms with Crippen LogP contribution in [0, 0.1) is 56.7 Å². The SMILES string of the molecule is C=C(C)[C@@H]1CC[C@]2(C)CC[C@]3(C)[C@H](CC[C@@H]4[C@@]5(C)CC(=O)C(C)(C)[C@@H]5CC[C@]43C)[C@@H]12. The van der Waals surface area contributed by atoms with Crippen molar-refractivity contribution in [3.05, 3.63) is 12.2 Å². The first-order valence-corrected chi connectivity index (χ1v) is 13.0. The highest BCUT2D eigenvalue weighted by molar-refractivity contribution is 5.88. The van der Waals surface area contributed by atoms with Crippen molar-refractivity contribution in [1.82, 2.24) is 0 Å². The van der Waals surface area contributed by atoms with Gasteiger partial charge in [-0.05, 0) is 110 Å². The van der Waals surface area contributed by atoms with Gasteiger partial charge in [0, 0.05) is 11.8 Å². The van der Waals surface area contributed by atoms with E-state index in [1.165, 1.54) is 56.9 Å². The lowest BCUT2D eigenvalue weighted by Crippen LogP contribution is -2.63. The number of allylic oxidation sites excluding steroid dienone is 1. The van der Waals surface area contributed by atoms with Gasteiger partial charge in [-0.1, -0.05) is 53.7 Å². The van der Waals surface area contributed by atoms with Crippen molar-refractivity contribution in [2.24, 2.45) is 56.7 Å². The van der Waals surface area contributed by atoms with E-state index in [0.717, 1.165) is 24.2 Å². The topological polar surface area (TPSA) is 17.1 Å². The van der Waals surface area contributed by atoms with E-state index in [0.29, 0.717) is 33.9 Å². The van der Waals surface area contributed by atoms with Gasteiger partial charge in [0.25, 0.3) is 0 Å². The summed E-state index contributed by atoms with van der Waals surface area (Å²) in [7, 11) is 0. The molecule has 0 aliphatic heterocycles. The van der Waals surface area contributed by atoms with Crippen LogP contribution in [0.2, 0.25) is 0 Å². The number of hydrogen-bond donors (Lipinski definition) is 0. The largest absolute Gasteiger partial charge is 0.299 e. The highest BCUT2D eigenvalue weighted by atomic mass is 16.1. The van der Waals surface area contributed by atoms with E-state index < -0.39 is 0 Å². The molecule has 0 bridgehead atoms. The van der Waals surface area contributed by atoms with Crippen molar-refractivity contribution in [3.8, 4) is 0 Å². The van der Waals surface area contributed by atoms with Crippen LogP contribution >= 0.6 is 0 Å². The molecule has 0 spiro atoms. The third kappa shape index (κ3) is 2.29. The molecular formula is C29H46O. The first-order valence-electron chi connectivity index (χ1n) is 13.0. The Morgan fingerprint density at radius 3 is 2.20 bits per heavy atom. The Hall–Kier alpha value is -0.590. The van der Waals surface area contributed by atoms with Crippen LogP contribution in [0.3, 0.4) is 0 Å². The van der Waals surface area contributed by atoms with Crippen molar-refractivity contribution in [2.45, 2.75) is 106 Å². The molecule has 30 heavy (non-hydrogen) atoms. The molecule has 0 heterocycles. The van der Waals surface area contributed by atoms with Gasteiger partial charge in [-0.15, -0.1) is 0 Å². The lowest BCUT2D eigenvalue weighted by molar-refractivity contribution is -0.216. The maximum absolute atomic E-state index is 13.1. The Bertz CT molecular complexity index is 792. The lowest BCUT2D eigenvalue weighted by atomic mass is 9.34. The summed E-state index contributed by atoms with van der Waals surface area (Å²) in [4.78, 5) is 13.1. The van der Waals surface area contributed by atoms with E-state index in [2.05, 4.69) is 55.0 Å². The molecule has 5 fully saturated rings. The molecule has 5 aliphatic carbocycles. The Balaban J connectivity index is 1.56. The van der Waals surface area contributed by atoms with Crippen LogP contribution in [0.1, 0.15) is 106 Å². The zero-order chi connectivity index (χ0) is 21.9. The highest BCUT2D eigenvalue weighted by Crippen LogP contribution is 2.77. The van der Waals surface area contributed by atoms with Crippen LogP contribution in [0.15, 0.2) is 12.2 Å². The smallest absolute Gasteiger partial charge is 0.139 e. The summed E-state index contributed by atoms with van der Waals surface area (Å²) in [5.41, 5.74) is 2.87. The van der Waals surface area contributed by atoms with E-state index in [9.17, 15) is 4.79 Å². The fraction of sp³-hybridized carbons (Fsp3) is 0.897. The number of carbonyl (C=O) groups is 1. The number of fused-ring (bicyclic) bond motifs is 7. The molecule has 0 aromatic carbocycles. The summed E-state index contributed by atoms with van der Waals surface area (Å²) in [6.45, 7) is 21.8. The number of Topliss-reactive ketones (excluding diaryl/α,β-unsaturated/α-hetero) is 1. The van der Waals surface area contributed by atoms with Gasteiger partial charge in [0.05, 0.1) is 0 Å². The summed E-state index contributed by atoms with van der Waals surface area (Å²) in [5.74, 6) is 4.24. The van der Waals surface area contributed by atoms with Crippen LogP contribution in [0.25, 0.3) is 0 Å². The van der Waals surface area contributed by atoms with E-state index >= 15 is 0 Å². The van der Waals surface area contributed by atoms with Gasteiger partial charge in [0.15, 0.2) is 0 Å². The predicted octanol–water partition coefficient (Wildman–Crippen LogP) is 7.84. The minimum atomic E-state index is -0.116. The van der Waals surface area contributed by atoms with Crippen molar-refractivity contribution in [2.75, 3.05) is 0 Å². The van der Waals surface area contributed by atoms with Crippen LogP contribution in [-0.4, -0.2) is 5.78 Å². The molecule has 0 aromatic rings. The third-order valence-corrected chi connectivity index (χ3v) is 12.9. The van der Waals surface area contributed by atoms with Gasteiger partial charge in [-0.25, -0.2) is 0 Å². The summed E-state index contributed by atoms with van der Waals surface area (Å²) in [6.07, 6.45) is 11.7. The highest BCUT2D eigenvalue weighted by Gasteiger charge is 2.71. The standard InChI is InChI=1S/C29H46O/c1-18(2)19-11-13-26(5)15-16-28(7)20(24(19)26)9-10-22-27(6)17-23(30)25(3,4)21(27)12-14-29(22,28)8/h19-22,24H,1,9-17H2,2-8H3/t19-,20+,21-,22+,24+,26+,27-,28+,29+/m0/s1. The van der Waals surface area contributed by atoms with Crippen molar-refractivity contribution in [1.29, 1.82) is 0 Å². The van der Waals surface area contributed by atoms with Crippen molar-refractivity contribution < 1.29 is 4.79 Å². The summed E-state index contributed by atoms with van der Waals surface area (Å²) in [6, 6.07) is 0. The number of rotatable bonds is 1. The van der Waals surface area contributed by atoms with Crippen molar-refractivity contribution >= 4 is 5.78 Å². The molecule has 9 atom stereocenters. The Kier molecular flexibility index (Phi) is 4.29. The van der Waals surface area contributed by atoms with Gasteiger partial charge in [0.1, 0.15) is 5.78 Å². The van der Waals surface area contributed by atoms with Crippen LogP contribution in [-0.2, 0) is 4.79 Å². The summed E-state index contributed by atoms with van der Waals surface area (Å²) < 4.78 is 0. The maximum atomic E-state index is 13.1. The van der Waals surface area contributed by atoms with Gasteiger partial charge >= 0.3 is 0 Å². The number of carbonyl (C=O) groups excluding carboxylic acids is 1. The molecule has 0 aromatic heterocycles.